The number of aromatic amines is 1. The summed E-state index contributed by atoms with van der Waals surface area (Å²) in [5.74, 6) is -0.0760. The first-order valence-corrected chi connectivity index (χ1v) is 8.62. The fourth-order valence-electron chi connectivity index (χ4n) is 3.48. The van der Waals surface area contributed by atoms with Crippen molar-refractivity contribution in [1.82, 2.24) is 14.8 Å². The molecule has 0 aliphatic carbocycles. The molecule has 134 valence electrons. The average molecular weight is 343 g/mol. The van der Waals surface area contributed by atoms with Gasteiger partial charge >= 0.3 is 0 Å². The lowest BCUT2D eigenvalue weighted by molar-refractivity contribution is -0.136. The van der Waals surface area contributed by atoms with Crippen molar-refractivity contribution in [1.29, 1.82) is 0 Å². The SMILES string of the molecule is CN(C)C(=O)CC1(O)CCCN(Cc2cc3ccccc3[nH]c2=O)C1. The van der Waals surface area contributed by atoms with Crippen LogP contribution in [0.15, 0.2) is 35.1 Å². The van der Waals surface area contributed by atoms with Gasteiger partial charge in [-0.15, -0.1) is 0 Å². The highest BCUT2D eigenvalue weighted by Gasteiger charge is 2.35. The summed E-state index contributed by atoms with van der Waals surface area (Å²) in [7, 11) is 3.39. The van der Waals surface area contributed by atoms with Gasteiger partial charge in [0.2, 0.25) is 5.91 Å². The molecule has 6 heteroatoms. The highest BCUT2D eigenvalue weighted by Crippen LogP contribution is 2.26. The number of carbonyl (C=O) groups is 1. The Morgan fingerprint density at radius 1 is 1.36 bits per heavy atom. The molecule has 2 N–H and O–H groups in total. The largest absolute Gasteiger partial charge is 0.388 e. The van der Waals surface area contributed by atoms with E-state index in [-0.39, 0.29) is 17.9 Å². The Morgan fingerprint density at radius 3 is 2.88 bits per heavy atom. The third-order valence-electron chi connectivity index (χ3n) is 4.84. The Labute approximate surface area is 147 Å². The maximum Gasteiger partial charge on any atom is 0.252 e. The zero-order chi connectivity index (χ0) is 18.0. The van der Waals surface area contributed by atoms with Crippen LogP contribution in [0.4, 0.5) is 0 Å². The Morgan fingerprint density at radius 2 is 2.12 bits per heavy atom. The Bertz CT molecular complexity index is 830. The van der Waals surface area contributed by atoms with E-state index in [2.05, 4.69) is 9.88 Å². The molecule has 0 spiro atoms. The monoisotopic (exact) mass is 343 g/mol. The molecule has 1 atom stereocenters. The minimum absolute atomic E-state index is 0.0760. The number of benzene rings is 1. The topological polar surface area (TPSA) is 76.6 Å². The van der Waals surface area contributed by atoms with Gasteiger partial charge in [-0.1, -0.05) is 18.2 Å². The second-order valence-electron chi connectivity index (χ2n) is 7.21. The molecule has 1 saturated heterocycles. The van der Waals surface area contributed by atoms with Gasteiger partial charge in [-0.3, -0.25) is 14.5 Å². The number of hydrogen-bond donors (Lipinski definition) is 2. The van der Waals surface area contributed by atoms with Gasteiger partial charge in [0.1, 0.15) is 0 Å². The number of nitrogens with zero attached hydrogens (tertiary/aromatic N) is 2. The molecule has 25 heavy (non-hydrogen) atoms. The van der Waals surface area contributed by atoms with E-state index >= 15 is 0 Å². The number of piperidine rings is 1. The fourth-order valence-corrected chi connectivity index (χ4v) is 3.48. The fraction of sp³-hybridized carbons (Fsp3) is 0.474. The lowest BCUT2D eigenvalue weighted by Crippen LogP contribution is -2.50. The van der Waals surface area contributed by atoms with Gasteiger partial charge in [-0.05, 0) is 36.9 Å². The van der Waals surface area contributed by atoms with Crippen molar-refractivity contribution < 1.29 is 9.90 Å². The second-order valence-corrected chi connectivity index (χ2v) is 7.21. The van der Waals surface area contributed by atoms with E-state index in [1.165, 1.54) is 4.90 Å². The van der Waals surface area contributed by atoms with Gasteiger partial charge in [0.05, 0.1) is 12.0 Å². The molecule has 1 aliphatic heterocycles. The number of β-amino-alcohol motifs (C(OH)–C–C–N with tert-alkyl or cyclic N) is 1. The highest BCUT2D eigenvalue weighted by atomic mass is 16.3. The summed E-state index contributed by atoms with van der Waals surface area (Å²) in [6, 6.07) is 9.60. The van der Waals surface area contributed by atoms with Crippen LogP contribution in [0.3, 0.4) is 0 Å². The molecular formula is C19H25N3O3. The average Bonchev–Trinajstić information content (AvgIpc) is 2.55. The lowest BCUT2D eigenvalue weighted by Gasteiger charge is -2.39. The Balaban J connectivity index is 1.75. The number of amides is 1. The number of aromatic nitrogens is 1. The predicted molar refractivity (Wildman–Crippen MR) is 97.3 cm³/mol. The summed E-state index contributed by atoms with van der Waals surface area (Å²) in [6.07, 6.45) is 1.53. The van der Waals surface area contributed by atoms with E-state index in [0.717, 1.165) is 23.9 Å². The number of para-hydroxylation sites is 1. The Kier molecular flexibility index (Phi) is 4.92. The second kappa shape index (κ2) is 6.98. The van der Waals surface area contributed by atoms with E-state index in [9.17, 15) is 14.7 Å². The molecule has 0 saturated carbocycles. The molecule has 1 aromatic carbocycles. The standard InChI is InChI=1S/C19H25N3O3/c1-21(2)17(23)11-19(25)8-5-9-22(13-19)12-15-10-14-6-3-4-7-16(14)20-18(15)24/h3-4,6-7,10,25H,5,8-9,11-13H2,1-2H3,(H,20,24). The third-order valence-corrected chi connectivity index (χ3v) is 4.84. The molecule has 1 unspecified atom stereocenters. The van der Waals surface area contributed by atoms with Crippen LogP contribution >= 0.6 is 0 Å². The van der Waals surface area contributed by atoms with Crippen LogP contribution in [0.25, 0.3) is 10.9 Å². The van der Waals surface area contributed by atoms with E-state index in [0.29, 0.717) is 25.1 Å². The van der Waals surface area contributed by atoms with Crippen molar-refractivity contribution in [3.63, 3.8) is 0 Å². The highest BCUT2D eigenvalue weighted by molar-refractivity contribution is 5.78. The van der Waals surface area contributed by atoms with E-state index in [1.54, 1.807) is 14.1 Å². The summed E-state index contributed by atoms with van der Waals surface area (Å²) >= 11 is 0. The number of rotatable bonds is 4. The first kappa shape index (κ1) is 17.6. The number of aliphatic hydroxyl groups is 1. The molecule has 1 aliphatic rings. The van der Waals surface area contributed by atoms with Gasteiger partial charge in [-0.25, -0.2) is 0 Å². The van der Waals surface area contributed by atoms with Crippen molar-refractivity contribution in [2.24, 2.45) is 0 Å². The van der Waals surface area contributed by atoms with Crippen molar-refractivity contribution >= 4 is 16.8 Å². The summed E-state index contributed by atoms with van der Waals surface area (Å²) in [5.41, 5.74) is 0.380. The molecule has 2 aromatic rings. The summed E-state index contributed by atoms with van der Waals surface area (Å²) in [5, 5.41) is 11.8. The van der Waals surface area contributed by atoms with Crippen LogP contribution in [-0.2, 0) is 11.3 Å². The number of hydrogen-bond acceptors (Lipinski definition) is 4. The zero-order valence-corrected chi connectivity index (χ0v) is 14.8. The first-order chi connectivity index (χ1) is 11.9. The lowest BCUT2D eigenvalue weighted by atomic mass is 9.89. The number of likely N-dealkylation sites (tertiary alicyclic amines) is 1. The van der Waals surface area contributed by atoms with E-state index in [1.807, 2.05) is 30.3 Å². The van der Waals surface area contributed by atoms with Gasteiger partial charge in [-0.2, -0.15) is 0 Å². The number of carbonyl (C=O) groups excluding carboxylic acids is 1. The van der Waals surface area contributed by atoms with Crippen LogP contribution in [0, 0.1) is 0 Å². The molecule has 1 amide bonds. The molecular weight excluding hydrogens is 318 g/mol. The minimum Gasteiger partial charge on any atom is -0.388 e. The quantitative estimate of drug-likeness (QED) is 0.878. The van der Waals surface area contributed by atoms with Crippen LogP contribution < -0.4 is 5.56 Å². The molecule has 6 nitrogen and oxygen atoms in total. The first-order valence-electron chi connectivity index (χ1n) is 8.62. The van der Waals surface area contributed by atoms with Crippen molar-refractivity contribution in [3.05, 3.63) is 46.2 Å². The summed E-state index contributed by atoms with van der Waals surface area (Å²) < 4.78 is 0. The molecule has 2 heterocycles. The maximum absolute atomic E-state index is 12.3. The number of H-pyrrole nitrogens is 1. The van der Waals surface area contributed by atoms with Crippen molar-refractivity contribution in [2.45, 2.75) is 31.4 Å². The van der Waals surface area contributed by atoms with Crippen molar-refractivity contribution in [3.8, 4) is 0 Å². The van der Waals surface area contributed by atoms with Crippen LogP contribution in [0.1, 0.15) is 24.8 Å². The maximum atomic E-state index is 12.3. The van der Waals surface area contributed by atoms with Crippen LogP contribution in [0.5, 0.6) is 0 Å². The number of fused-ring (bicyclic) bond motifs is 1. The number of pyridine rings is 1. The molecule has 1 fully saturated rings. The van der Waals surface area contributed by atoms with Gasteiger partial charge < -0.3 is 15.0 Å². The minimum atomic E-state index is -1.02. The van der Waals surface area contributed by atoms with Gasteiger partial charge in [0.15, 0.2) is 0 Å². The summed E-state index contributed by atoms with van der Waals surface area (Å²) in [6.45, 7) is 1.68. The van der Waals surface area contributed by atoms with E-state index in [4.69, 9.17) is 0 Å². The summed E-state index contributed by atoms with van der Waals surface area (Å²) in [4.78, 5) is 30.8. The number of nitrogens with one attached hydrogen (secondary N) is 1. The van der Waals surface area contributed by atoms with Gasteiger partial charge in [0, 0.05) is 38.3 Å². The molecule has 0 bridgehead atoms. The van der Waals surface area contributed by atoms with Gasteiger partial charge in [0.25, 0.3) is 5.56 Å². The van der Waals surface area contributed by atoms with E-state index < -0.39 is 5.60 Å². The normalized spacial score (nSPS) is 21.4. The molecule has 0 radical (unpaired) electrons. The molecule has 3 rings (SSSR count). The van der Waals surface area contributed by atoms with Crippen LogP contribution in [-0.4, -0.2) is 58.6 Å². The Hall–Kier alpha value is -2.18. The molecule has 1 aromatic heterocycles. The zero-order valence-electron chi connectivity index (χ0n) is 14.8. The van der Waals surface area contributed by atoms with Crippen LogP contribution in [0.2, 0.25) is 0 Å². The predicted octanol–water partition coefficient (Wildman–Crippen LogP) is 1.33. The van der Waals surface area contributed by atoms with Crippen molar-refractivity contribution in [2.75, 3.05) is 27.2 Å². The third kappa shape index (κ3) is 4.08. The smallest absolute Gasteiger partial charge is 0.252 e.